The SMILES string of the molecule is CCOc1ccc(C(=O)Cn2cc(C(=O)Nc3ccc(OC)cc3)c(=O)c3ccccc32)cc1Cl. The Kier molecular flexibility index (Phi) is 7.17. The van der Waals surface area contributed by atoms with Crippen LogP contribution in [0.1, 0.15) is 27.6 Å². The third-order valence-electron chi connectivity index (χ3n) is 5.45. The number of rotatable bonds is 8. The fourth-order valence-corrected chi connectivity index (χ4v) is 3.94. The number of para-hydroxylation sites is 1. The third-order valence-corrected chi connectivity index (χ3v) is 5.74. The maximum absolute atomic E-state index is 13.1. The molecule has 0 unspecified atom stereocenters. The molecule has 178 valence electrons. The van der Waals surface area contributed by atoms with E-state index >= 15 is 0 Å². The molecule has 0 aliphatic heterocycles. The zero-order valence-corrected chi connectivity index (χ0v) is 20.0. The van der Waals surface area contributed by atoms with Crippen LogP contribution in [0.25, 0.3) is 10.9 Å². The lowest BCUT2D eigenvalue weighted by molar-refractivity contribution is 0.0969. The van der Waals surface area contributed by atoms with Crippen molar-refractivity contribution in [1.82, 2.24) is 4.57 Å². The highest BCUT2D eigenvalue weighted by Gasteiger charge is 2.18. The van der Waals surface area contributed by atoms with Gasteiger partial charge < -0.3 is 19.4 Å². The lowest BCUT2D eigenvalue weighted by Gasteiger charge is -2.14. The Morgan fingerprint density at radius 3 is 2.46 bits per heavy atom. The Balaban J connectivity index is 1.68. The highest BCUT2D eigenvalue weighted by Crippen LogP contribution is 2.26. The van der Waals surface area contributed by atoms with E-state index in [1.807, 2.05) is 6.92 Å². The number of fused-ring (bicyclic) bond motifs is 1. The van der Waals surface area contributed by atoms with E-state index in [1.165, 1.54) is 6.20 Å². The Morgan fingerprint density at radius 1 is 1.03 bits per heavy atom. The van der Waals surface area contributed by atoms with Crippen LogP contribution in [0, 0.1) is 0 Å². The van der Waals surface area contributed by atoms with Crippen LogP contribution in [0.5, 0.6) is 11.5 Å². The molecule has 1 heterocycles. The summed E-state index contributed by atoms with van der Waals surface area (Å²) in [7, 11) is 1.55. The number of ketones is 1. The molecule has 0 aliphatic rings. The Hall–Kier alpha value is -4.10. The minimum atomic E-state index is -0.573. The summed E-state index contributed by atoms with van der Waals surface area (Å²) in [5.41, 5.74) is 0.959. The van der Waals surface area contributed by atoms with Gasteiger partial charge in [0.2, 0.25) is 5.43 Å². The first-order valence-electron chi connectivity index (χ1n) is 10.9. The van der Waals surface area contributed by atoms with Crippen molar-refractivity contribution in [2.45, 2.75) is 13.5 Å². The molecule has 1 aromatic heterocycles. The molecule has 8 heteroatoms. The first kappa shape index (κ1) is 24.0. The van der Waals surface area contributed by atoms with Crippen LogP contribution in [0.4, 0.5) is 5.69 Å². The van der Waals surface area contributed by atoms with Gasteiger partial charge in [0.15, 0.2) is 5.78 Å². The van der Waals surface area contributed by atoms with Crippen molar-refractivity contribution < 1.29 is 19.1 Å². The van der Waals surface area contributed by atoms with Crippen LogP contribution in [-0.2, 0) is 6.54 Å². The molecule has 0 radical (unpaired) electrons. The number of pyridine rings is 1. The summed E-state index contributed by atoms with van der Waals surface area (Å²) < 4.78 is 12.2. The van der Waals surface area contributed by atoms with E-state index in [-0.39, 0.29) is 17.9 Å². The van der Waals surface area contributed by atoms with E-state index in [2.05, 4.69) is 5.32 Å². The number of methoxy groups -OCH3 is 1. The summed E-state index contributed by atoms with van der Waals surface area (Å²) in [4.78, 5) is 39.2. The van der Waals surface area contributed by atoms with E-state index in [9.17, 15) is 14.4 Å². The largest absolute Gasteiger partial charge is 0.497 e. The smallest absolute Gasteiger partial charge is 0.261 e. The van der Waals surface area contributed by atoms with Crippen LogP contribution >= 0.6 is 11.6 Å². The van der Waals surface area contributed by atoms with Gasteiger partial charge in [-0.2, -0.15) is 0 Å². The molecule has 0 saturated heterocycles. The molecule has 1 N–H and O–H groups in total. The molecule has 4 rings (SSSR count). The Bertz CT molecular complexity index is 1460. The number of aromatic nitrogens is 1. The van der Waals surface area contributed by atoms with E-state index < -0.39 is 11.3 Å². The van der Waals surface area contributed by atoms with Gasteiger partial charge in [0, 0.05) is 22.8 Å². The number of carbonyl (C=O) groups is 2. The highest BCUT2D eigenvalue weighted by atomic mass is 35.5. The molecule has 0 bridgehead atoms. The number of nitrogens with one attached hydrogen (secondary N) is 1. The highest BCUT2D eigenvalue weighted by molar-refractivity contribution is 6.32. The molecule has 0 aliphatic carbocycles. The number of halogens is 1. The summed E-state index contributed by atoms with van der Waals surface area (Å²) in [5.74, 6) is 0.336. The lowest BCUT2D eigenvalue weighted by Crippen LogP contribution is -2.25. The quantitative estimate of drug-likeness (QED) is 0.343. The van der Waals surface area contributed by atoms with Crippen molar-refractivity contribution in [1.29, 1.82) is 0 Å². The number of hydrogen-bond donors (Lipinski definition) is 1. The van der Waals surface area contributed by atoms with Crippen LogP contribution in [0.3, 0.4) is 0 Å². The molecule has 0 atom stereocenters. The maximum atomic E-state index is 13.1. The number of Topliss-reactive ketones (excluding diaryl/α,β-unsaturated/α-hetero) is 1. The van der Waals surface area contributed by atoms with Gasteiger partial charge >= 0.3 is 0 Å². The number of carbonyl (C=O) groups excluding carboxylic acids is 2. The second-order valence-electron chi connectivity index (χ2n) is 7.70. The van der Waals surface area contributed by atoms with Gasteiger partial charge in [0.05, 0.1) is 30.8 Å². The minimum absolute atomic E-state index is 0.0722. The zero-order chi connectivity index (χ0) is 24.9. The van der Waals surface area contributed by atoms with Gasteiger partial charge in [-0.1, -0.05) is 23.7 Å². The van der Waals surface area contributed by atoms with Crippen molar-refractivity contribution in [3.8, 4) is 11.5 Å². The predicted molar refractivity (Wildman–Crippen MR) is 136 cm³/mol. The topological polar surface area (TPSA) is 86.6 Å². The summed E-state index contributed by atoms with van der Waals surface area (Å²) in [6.07, 6.45) is 1.41. The first-order chi connectivity index (χ1) is 16.9. The number of nitrogens with zero attached hydrogens (tertiary/aromatic N) is 1. The molecule has 35 heavy (non-hydrogen) atoms. The molecule has 4 aromatic rings. The molecule has 0 spiro atoms. The van der Waals surface area contributed by atoms with Crippen LogP contribution in [-0.4, -0.2) is 30.0 Å². The Morgan fingerprint density at radius 2 is 1.77 bits per heavy atom. The van der Waals surface area contributed by atoms with Gasteiger partial charge in [0.1, 0.15) is 17.1 Å². The summed E-state index contributed by atoms with van der Waals surface area (Å²) in [6, 6.07) is 18.5. The second-order valence-corrected chi connectivity index (χ2v) is 8.11. The molecule has 1 amide bonds. The average Bonchev–Trinajstić information content (AvgIpc) is 2.87. The van der Waals surface area contributed by atoms with Gasteiger partial charge in [0.25, 0.3) is 5.91 Å². The standard InChI is InChI=1S/C27H23ClN2O5/c1-3-35-25-13-8-17(14-22(25)28)24(31)16-30-15-21(26(32)20-6-4-5-7-23(20)30)27(33)29-18-9-11-19(34-2)12-10-18/h4-15H,3,16H2,1-2H3,(H,29,33). The summed E-state index contributed by atoms with van der Waals surface area (Å²) in [6.45, 7) is 2.21. The van der Waals surface area contributed by atoms with Gasteiger partial charge in [-0.15, -0.1) is 0 Å². The monoisotopic (exact) mass is 490 g/mol. The van der Waals surface area contributed by atoms with Crippen LogP contribution in [0.2, 0.25) is 5.02 Å². The number of hydrogen-bond acceptors (Lipinski definition) is 5. The van der Waals surface area contributed by atoms with Crippen molar-refractivity contribution in [3.63, 3.8) is 0 Å². The minimum Gasteiger partial charge on any atom is -0.497 e. The van der Waals surface area contributed by atoms with Crippen molar-refractivity contribution in [3.05, 3.63) is 99.3 Å². The molecule has 0 fully saturated rings. The zero-order valence-electron chi connectivity index (χ0n) is 19.2. The second kappa shape index (κ2) is 10.4. The Labute approximate surface area is 206 Å². The van der Waals surface area contributed by atoms with Crippen molar-refractivity contribution >= 4 is 39.9 Å². The van der Waals surface area contributed by atoms with E-state index in [1.54, 1.807) is 78.4 Å². The van der Waals surface area contributed by atoms with Gasteiger partial charge in [-0.3, -0.25) is 14.4 Å². The number of ether oxygens (including phenoxy) is 2. The van der Waals surface area contributed by atoms with Crippen molar-refractivity contribution in [2.75, 3.05) is 19.0 Å². The van der Waals surface area contributed by atoms with E-state index in [4.69, 9.17) is 21.1 Å². The molecule has 3 aromatic carbocycles. The number of anilines is 1. The van der Waals surface area contributed by atoms with E-state index in [0.29, 0.717) is 45.3 Å². The van der Waals surface area contributed by atoms with E-state index in [0.717, 1.165) is 0 Å². The van der Waals surface area contributed by atoms with Gasteiger partial charge in [-0.25, -0.2) is 0 Å². The van der Waals surface area contributed by atoms with Crippen LogP contribution < -0.4 is 20.2 Å². The number of benzene rings is 3. The fraction of sp³-hybridized carbons (Fsp3) is 0.148. The number of amides is 1. The molecule has 7 nitrogen and oxygen atoms in total. The van der Waals surface area contributed by atoms with Gasteiger partial charge in [-0.05, 0) is 61.5 Å². The normalized spacial score (nSPS) is 10.7. The predicted octanol–water partition coefficient (Wildman–Crippen LogP) is 5.20. The maximum Gasteiger partial charge on any atom is 0.261 e. The molecular weight excluding hydrogens is 468 g/mol. The fourth-order valence-electron chi connectivity index (χ4n) is 3.70. The lowest BCUT2D eigenvalue weighted by atomic mass is 10.1. The average molecular weight is 491 g/mol. The third kappa shape index (κ3) is 5.20. The molecule has 0 saturated carbocycles. The summed E-state index contributed by atoms with van der Waals surface area (Å²) >= 11 is 6.25. The summed E-state index contributed by atoms with van der Waals surface area (Å²) in [5, 5.41) is 3.40. The first-order valence-corrected chi connectivity index (χ1v) is 11.3. The van der Waals surface area contributed by atoms with Crippen LogP contribution in [0.15, 0.2) is 77.7 Å². The molecular formula is C27H23ClN2O5. The van der Waals surface area contributed by atoms with Crippen molar-refractivity contribution in [2.24, 2.45) is 0 Å².